The quantitative estimate of drug-likeness (QED) is 0.755. The van der Waals surface area contributed by atoms with Gasteiger partial charge in [0, 0.05) is 18.4 Å². The summed E-state index contributed by atoms with van der Waals surface area (Å²) >= 11 is 0. The molecule has 2 heterocycles. The van der Waals surface area contributed by atoms with Crippen molar-refractivity contribution in [3.05, 3.63) is 30.1 Å². The molecule has 0 saturated heterocycles. The number of pyridine rings is 1. The molecule has 0 aliphatic carbocycles. The van der Waals surface area contributed by atoms with E-state index in [-0.39, 0.29) is 6.61 Å². The highest BCUT2D eigenvalue weighted by Gasteiger charge is 2.28. The first-order valence-electron chi connectivity index (χ1n) is 7.80. The normalized spacial score (nSPS) is 12.3. The first-order valence-corrected chi connectivity index (χ1v) is 7.80. The predicted octanol–water partition coefficient (Wildman–Crippen LogP) is 2.43. The number of nitrogens with zero attached hydrogens (tertiary/aromatic N) is 3. The zero-order chi connectivity index (χ0) is 16.6. The number of imidazole rings is 1. The maximum atomic E-state index is 9.41. The lowest BCUT2D eigenvalue weighted by Crippen LogP contribution is -2.31. The summed E-state index contributed by atoms with van der Waals surface area (Å²) < 4.78 is 7.97. The summed E-state index contributed by atoms with van der Waals surface area (Å²) in [5, 5.41) is 10.4. The highest BCUT2D eigenvalue weighted by atomic mass is 16.5. The number of ether oxygens (including phenoxy) is 1. The minimum Gasteiger partial charge on any atom is -0.396 e. The predicted molar refractivity (Wildman–Crippen MR) is 91.2 cm³/mol. The highest BCUT2D eigenvalue weighted by molar-refractivity contribution is 6.06. The number of hydrogen-bond acceptors (Lipinski definition) is 5. The van der Waals surface area contributed by atoms with E-state index in [9.17, 15) is 5.11 Å². The molecule has 6 heteroatoms. The van der Waals surface area contributed by atoms with Crippen molar-refractivity contribution in [2.75, 3.05) is 18.9 Å². The number of aliphatic hydroxyl groups is 1. The average molecular weight is 314 g/mol. The Morgan fingerprint density at radius 1 is 1.26 bits per heavy atom. The maximum Gasteiger partial charge on any atom is 0.152 e. The van der Waals surface area contributed by atoms with Gasteiger partial charge in [0.25, 0.3) is 0 Å². The summed E-state index contributed by atoms with van der Waals surface area (Å²) in [7, 11) is 0. The van der Waals surface area contributed by atoms with Gasteiger partial charge in [-0.15, -0.1) is 0 Å². The summed E-state index contributed by atoms with van der Waals surface area (Å²) in [4.78, 5) is 9.08. The molecule has 0 aliphatic heterocycles. The SMILES string of the molecule is CCOC(C)(C)n1c(CCO)nc2c(N)nc3ccccc3c21. The maximum absolute atomic E-state index is 9.41. The fourth-order valence-electron chi connectivity index (χ4n) is 3.11. The van der Waals surface area contributed by atoms with Gasteiger partial charge in [0.1, 0.15) is 17.1 Å². The Morgan fingerprint density at radius 2 is 2.00 bits per heavy atom. The topological polar surface area (TPSA) is 86.2 Å². The van der Waals surface area contributed by atoms with E-state index < -0.39 is 5.72 Å². The number of benzene rings is 1. The molecule has 0 saturated carbocycles. The summed E-state index contributed by atoms with van der Waals surface area (Å²) in [6.45, 7) is 6.52. The number of aromatic nitrogens is 3. The molecule has 2 aromatic heterocycles. The molecule has 0 amide bonds. The van der Waals surface area contributed by atoms with Crippen LogP contribution in [0.5, 0.6) is 0 Å². The second kappa shape index (κ2) is 5.79. The van der Waals surface area contributed by atoms with Crippen LogP contribution in [-0.4, -0.2) is 32.9 Å². The van der Waals surface area contributed by atoms with Gasteiger partial charge in [0.15, 0.2) is 5.82 Å². The van der Waals surface area contributed by atoms with Crippen molar-refractivity contribution in [1.29, 1.82) is 0 Å². The van der Waals surface area contributed by atoms with Crippen molar-refractivity contribution in [1.82, 2.24) is 14.5 Å². The van der Waals surface area contributed by atoms with Crippen LogP contribution >= 0.6 is 0 Å². The molecule has 1 aromatic carbocycles. The Bertz CT molecular complexity index is 855. The van der Waals surface area contributed by atoms with Gasteiger partial charge in [-0.1, -0.05) is 18.2 Å². The molecule has 3 N–H and O–H groups in total. The van der Waals surface area contributed by atoms with Crippen LogP contribution in [0.4, 0.5) is 5.82 Å². The Balaban J connectivity index is 2.45. The molecular formula is C17H22N4O2. The average Bonchev–Trinajstić information content (AvgIpc) is 2.89. The minimum atomic E-state index is -0.607. The molecule has 0 atom stereocenters. The largest absolute Gasteiger partial charge is 0.396 e. The first kappa shape index (κ1) is 15.7. The molecule has 0 radical (unpaired) electrons. The summed E-state index contributed by atoms with van der Waals surface area (Å²) in [5.74, 6) is 1.13. The van der Waals surface area contributed by atoms with Crippen molar-refractivity contribution in [3.63, 3.8) is 0 Å². The van der Waals surface area contributed by atoms with E-state index in [1.54, 1.807) is 0 Å². The number of para-hydroxylation sites is 1. The lowest BCUT2D eigenvalue weighted by atomic mass is 10.1. The van der Waals surface area contributed by atoms with Crippen LogP contribution in [0.15, 0.2) is 24.3 Å². The third kappa shape index (κ3) is 2.54. The van der Waals surface area contributed by atoms with E-state index in [1.807, 2.05) is 49.6 Å². The molecular weight excluding hydrogens is 292 g/mol. The molecule has 6 nitrogen and oxygen atoms in total. The summed E-state index contributed by atoms with van der Waals surface area (Å²) in [5.41, 5.74) is 7.89. The molecule has 122 valence electrons. The zero-order valence-corrected chi connectivity index (χ0v) is 13.7. The molecule has 3 aromatic rings. The molecule has 0 fully saturated rings. The monoisotopic (exact) mass is 314 g/mol. The Hall–Kier alpha value is -2.18. The van der Waals surface area contributed by atoms with E-state index in [0.29, 0.717) is 24.4 Å². The van der Waals surface area contributed by atoms with Crippen molar-refractivity contribution < 1.29 is 9.84 Å². The Morgan fingerprint density at radius 3 is 2.70 bits per heavy atom. The van der Waals surface area contributed by atoms with Crippen LogP contribution in [0.1, 0.15) is 26.6 Å². The van der Waals surface area contributed by atoms with Crippen molar-refractivity contribution in [2.24, 2.45) is 0 Å². The van der Waals surface area contributed by atoms with Gasteiger partial charge in [0.05, 0.1) is 17.6 Å². The lowest BCUT2D eigenvalue weighted by molar-refractivity contribution is -0.0710. The van der Waals surface area contributed by atoms with Crippen LogP contribution in [0.2, 0.25) is 0 Å². The Kier molecular flexibility index (Phi) is 3.95. The number of aliphatic hydroxyl groups excluding tert-OH is 1. The summed E-state index contributed by atoms with van der Waals surface area (Å²) in [6.07, 6.45) is 0.430. The van der Waals surface area contributed by atoms with Gasteiger partial charge in [-0.25, -0.2) is 9.97 Å². The van der Waals surface area contributed by atoms with Gasteiger partial charge in [0.2, 0.25) is 0 Å². The van der Waals surface area contributed by atoms with Gasteiger partial charge >= 0.3 is 0 Å². The van der Waals surface area contributed by atoms with Crippen molar-refractivity contribution >= 4 is 27.8 Å². The smallest absolute Gasteiger partial charge is 0.152 e. The van der Waals surface area contributed by atoms with E-state index in [2.05, 4.69) is 9.97 Å². The number of rotatable bonds is 5. The van der Waals surface area contributed by atoms with Gasteiger partial charge in [-0.3, -0.25) is 4.57 Å². The zero-order valence-electron chi connectivity index (χ0n) is 13.7. The minimum absolute atomic E-state index is 0.0107. The van der Waals surface area contributed by atoms with Crippen LogP contribution in [-0.2, 0) is 16.9 Å². The number of nitrogens with two attached hydrogens (primary N) is 1. The molecule has 0 bridgehead atoms. The second-order valence-electron chi connectivity index (χ2n) is 5.93. The standard InChI is InChI=1S/C17H22N4O2/c1-4-23-17(2,3)21-13(9-10-22)20-14-15(21)11-7-5-6-8-12(11)19-16(14)18/h5-8,22H,4,9-10H2,1-3H3,(H2,18,19). The first-order chi connectivity index (χ1) is 11.0. The molecule has 0 unspecified atom stereocenters. The lowest BCUT2D eigenvalue weighted by Gasteiger charge is -2.29. The fourth-order valence-corrected chi connectivity index (χ4v) is 3.11. The number of nitrogen functional groups attached to an aromatic ring is 1. The van der Waals surface area contributed by atoms with E-state index in [4.69, 9.17) is 10.5 Å². The van der Waals surface area contributed by atoms with Gasteiger partial charge in [-0.2, -0.15) is 0 Å². The number of anilines is 1. The van der Waals surface area contributed by atoms with Crippen molar-refractivity contribution in [2.45, 2.75) is 32.9 Å². The van der Waals surface area contributed by atoms with Crippen LogP contribution in [0.3, 0.4) is 0 Å². The third-order valence-corrected chi connectivity index (χ3v) is 3.96. The highest BCUT2D eigenvalue weighted by Crippen LogP contribution is 2.33. The second-order valence-corrected chi connectivity index (χ2v) is 5.93. The van der Waals surface area contributed by atoms with E-state index in [1.165, 1.54) is 0 Å². The molecule has 3 rings (SSSR count). The Labute approximate surface area is 134 Å². The number of fused-ring (bicyclic) bond motifs is 3. The van der Waals surface area contributed by atoms with Crippen molar-refractivity contribution in [3.8, 4) is 0 Å². The third-order valence-electron chi connectivity index (χ3n) is 3.96. The molecule has 23 heavy (non-hydrogen) atoms. The summed E-state index contributed by atoms with van der Waals surface area (Å²) in [6, 6.07) is 7.84. The number of hydrogen-bond donors (Lipinski definition) is 2. The van der Waals surface area contributed by atoms with Gasteiger partial charge in [-0.05, 0) is 26.8 Å². The molecule has 0 aliphatic rings. The van der Waals surface area contributed by atoms with Crippen LogP contribution in [0, 0.1) is 0 Å². The van der Waals surface area contributed by atoms with Crippen LogP contribution < -0.4 is 5.73 Å². The van der Waals surface area contributed by atoms with Gasteiger partial charge < -0.3 is 15.6 Å². The fraction of sp³-hybridized carbons (Fsp3) is 0.412. The van der Waals surface area contributed by atoms with Crippen LogP contribution in [0.25, 0.3) is 21.9 Å². The van der Waals surface area contributed by atoms with E-state index in [0.717, 1.165) is 22.2 Å². The van der Waals surface area contributed by atoms with E-state index >= 15 is 0 Å². The molecule has 0 spiro atoms.